The molecule has 1 fully saturated rings. The van der Waals surface area contributed by atoms with Gasteiger partial charge in [-0.05, 0) is 43.9 Å². The summed E-state index contributed by atoms with van der Waals surface area (Å²) < 4.78 is 0. The molecule has 1 unspecified atom stereocenters. The molecule has 1 aromatic heterocycles. The van der Waals surface area contributed by atoms with E-state index in [0.717, 1.165) is 43.0 Å². The zero-order valence-corrected chi connectivity index (χ0v) is 12.0. The average Bonchev–Trinajstić information content (AvgIpc) is 2.81. The van der Waals surface area contributed by atoms with Crippen molar-refractivity contribution >= 4 is 5.82 Å². The van der Waals surface area contributed by atoms with Gasteiger partial charge in [0.2, 0.25) is 0 Å². The minimum atomic E-state index is 0.777. The Kier molecular flexibility index (Phi) is 4.23. The fraction of sp³-hybridized carbons (Fsp3) is 0.667. The summed E-state index contributed by atoms with van der Waals surface area (Å²) in [5.74, 6) is 2.75. The molecule has 0 amide bonds. The maximum atomic E-state index is 4.75. The van der Waals surface area contributed by atoms with Crippen LogP contribution in [0.1, 0.15) is 31.5 Å². The van der Waals surface area contributed by atoms with Crippen molar-refractivity contribution in [3.63, 3.8) is 0 Å². The van der Waals surface area contributed by atoms with E-state index in [1.54, 1.807) is 0 Å². The van der Waals surface area contributed by atoms with Gasteiger partial charge in [0, 0.05) is 25.3 Å². The van der Waals surface area contributed by atoms with Gasteiger partial charge < -0.3 is 10.2 Å². The van der Waals surface area contributed by atoms with Gasteiger partial charge in [-0.1, -0.05) is 19.9 Å². The largest absolute Gasteiger partial charge is 0.356 e. The number of anilines is 1. The van der Waals surface area contributed by atoms with Crippen molar-refractivity contribution in [2.45, 2.75) is 33.7 Å². The average molecular weight is 247 g/mol. The van der Waals surface area contributed by atoms with Crippen LogP contribution in [-0.2, 0) is 6.54 Å². The second-order valence-electron chi connectivity index (χ2n) is 5.68. The van der Waals surface area contributed by atoms with E-state index in [9.17, 15) is 0 Å². The van der Waals surface area contributed by atoms with Crippen LogP contribution in [0.4, 0.5) is 5.82 Å². The molecule has 0 aliphatic carbocycles. The Labute approximate surface area is 111 Å². The maximum Gasteiger partial charge on any atom is 0.128 e. The highest BCUT2D eigenvalue weighted by atomic mass is 15.2. The van der Waals surface area contributed by atoms with Crippen molar-refractivity contribution in [1.82, 2.24) is 10.3 Å². The second-order valence-corrected chi connectivity index (χ2v) is 5.68. The molecule has 2 rings (SSSR count). The third-order valence-electron chi connectivity index (χ3n) is 4.04. The molecule has 0 aromatic carbocycles. The van der Waals surface area contributed by atoms with Crippen molar-refractivity contribution in [1.29, 1.82) is 0 Å². The maximum absolute atomic E-state index is 4.75. The Morgan fingerprint density at radius 3 is 2.78 bits per heavy atom. The smallest absolute Gasteiger partial charge is 0.128 e. The van der Waals surface area contributed by atoms with Crippen molar-refractivity contribution in [2.24, 2.45) is 11.8 Å². The van der Waals surface area contributed by atoms with E-state index in [-0.39, 0.29) is 0 Å². The molecule has 1 aromatic rings. The molecule has 3 heteroatoms. The van der Waals surface area contributed by atoms with Crippen LogP contribution >= 0.6 is 0 Å². The lowest BCUT2D eigenvalue weighted by atomic mass is 9.95. The Morgan fingerprint density at radius 2 is 2.22 bits per heavy atom. The van der Waals surface area contributed by atoms with Gasteiger partial charge in [0.05, 0.1) is 0 Å². The van der Waals surface area contributed by atoms with Crippen LogP contribution in [0.3, 0.4) is 0 Å². The van der Waals surface area contributed by atoms with E-state index in [1.807, 2.05) is 7.05 Å². The Morgan fingerprint density at radius 1 is 1.44 bits per heavy atom. The van der Waals surface area contributed by atoms with E-state index < -0.39 is 0 Å². The molecule has 1 saturated heterocycles. The van der Waals surface area contributed by atoms with Gasteiger partial charge in [-0.25, -0.2) is 4.98 Å². The normalized spacial score (nSPS) is 19.8. The first-order valence-corrected chi connectivity index (χ1v) is 6.98. The lowest BCUT2D eigenvalue weighted by molar-refractivity contribution is 0.422. The summed E-state index contributed by atoms with van der Waals surface area (Å²) in [6.07, 6.45) is 1.30. The highest BCUT2D eigenvalue weighted by Gasteiger charge is 2.25. The first kappa shape index (κ1) is 13.3. The lowest BCUT2D eigenvalue weighted by Gasteiger charge is -2.20. The molecule has 0 spiro atoms. The number of aromatic nitrogens is 1. The van der Waals surface area contributed by atoms with Gasteiger partial charge in [0.1, 0.15) is 5.82 Å². The standard InChI is InChI=1S/C15H25N3/c1-11(2)14-7-8-18(10-14)15-6-5-13(9-16-4)12(3)17-15/h5-6,11,14,16H,7-10H2,1-4H3. The molecule has 0 radical (unpaired) electrons. The third kappa shape index (κ3) is 2.83. The fourth-order valence-corrected chi connectivity index (χ4v) is 2.67. The molecule has 1 aliphatic rings. The number of pyridine rings is 1. The van der Waals surface area contributed by atoms with Crippen LogP contribution in [0.25, 0.3) is 0 Å². The molecule has 0 saturated carbocycles. The summed E-state index contributed by atoms with van der Waals surface area (Å²) in [5, 5.41) is 3.18. The molecule has 2 heterocycles. The summed E-state index contributed by atoms with van der Waals surface area (Å²) in [5.41, 5.74) is 2.44. The number of rotatable bonds is 4. The van der Waals surface area contributed by atoms with Gasteiger partial charge in [0.25, 0.3) is 0 Å². The highest BCUT2D eigenvalue weighted by Crippen LogP contribution is 2.27. The first-order valence-electron chi connectivity index (χ1n) is 6.98. The summed E-state index contributed by atoms with van der Waals surface area (Å²) in [6, 6.07) is 4.37. The SMILES string of the molecule is CNCc1ccc(N2CCC(C(C)C)C2)nc1C. The topological polar surface area (TPSA) is 28.2 Å². The second kappa shape index (κ2) is 5.70. The zero-order chi connectivity index (χ0) is 13.1. The summed E-state index contributed by atoms with van der Waals surface area (Å²) in [6.45, 7) is 9.96. The van der Waals surface area contributed by atoms with Crippen molar-refractivity contribution in [3.05, 3.63) is 23.4 Å². The number of hydrogen-bond acceptors (Lipinski definition) is 3. The van der Waals surface area contributed by atoms with E-state index in [2.05, 4.69) is 43.1 Å². The van der Waals surface area contributed by atoms with E-state index >= 15 is 0 Å². The minimum Gasteiger partial charge on any atom is -0.356 e. The van der Waals surface area contributed by atoms with E-state index in [4.69, 9.17) is 4.98 Å². The van der Waals surface area contributed by atoms with Crippen LogP contribution in [0.5, 0.6) is 0 Å². The molecule has 100 valence electrons. The predicted molar refractivity (Wildman–Crippen MR) is 76.9 cm³/mol. The lowest BCUT2D eigenvalue weighted by Crippen LogP contribution is -2.22. The number of nitrogens with zero attached hydrogens (tertiary/aromatic N) is 2. The summed E-state index contributed by atoms with van der Waals surface area (Å²) in [7, 11) is 1.97. The molecular formula is C15H25N3. The molecule has 1 N–H and O–H groups in total. The van der Waals surface area contributed by atoms with Gasteiger partial charge in [-0.2, -0.15) is 0 Å². The molecular weight excluding hydrogens is 222 g/mol. The summed E-state index contributed by atoms with van der Waals surface area (Å²) >= 11 is 0. The first-order chi connectivity index (χ1) is 8.61. The molecule has 1 atom stereocenters. The predicted octanol–water partition coefficient (Wildman–Crippen LogP) is 2.59. The molecule has 3 nitrogen and oxygen atoms in total. The van der Waals surface area contributed by atoms with Crippen LogP contribution in [-0.4, -0.2) is 25.1 Å². The Bertz CT molecular complexity index is 401. The van der Waals surface area contributed by atoms with Gasteiger partial charge >= 0.3 is 0 Å². The van der Waals surface area contributed by atoms with Gasteiger partial charge in [-0.3, -0.25) is 0 Å². The Hall–Kier alpha value is -1.09. The zero-order valence-electron chi connectivity index (χ0n) is 12.0. The molecule has 18 heavy (non-hydrogen) atoms. The van der Waals surface area contributed by atoms with Crippen molar-refractivity contribution < 1.29 is 0 Å². The quantitative estimate of drug-likeness (QED) is 0.886. The van der Waals surface area contributed by atoms with Gasteiger partial charge in [-0.15, -0.1) is 0 Å². The van der Waals surface area contributed by atoms with Crippen LogP contribution < -0.4 is 10.2 Å². The Balaban J connectivity index is 2.08. The number of aryl methyl sites for hydroxylation is 1. The number of nitrogens with one attached hydrogen (secondary N) is 1. The summed E-state index contributed by atoms with van der Waals surface area (Å²) in [4.78, 5) is 7.18. The van der Waals surface area contributed by atoms with E-state index in [0.29, 0.717) is 0 Å². The fourth-order valence-electron chi connectivity index (χ4n) is 2.67. The van der Waals surface area contributed by atoms with Crippen LogP contribution in [0.15, 0.2) is 12.1 Å². The van der Waals surface area contributed by atoms with Crippen molar-refractivity contribution in [2.75, 3.05) is 25.0 Å². The van der Waals surface area contributed by atoms with Crippen LogP contribution in [0.2, 0.25) is 0 Å². The third-order valence-corrected chi connectivity index (χ3v) is 4.04. The van der Waals surface area contributed by atoms with E-state index in [1.165, 1.54) is 12.0 Å². The minimum absolute atomic E-state index is 0.777. The highest BCUT2D eigenvalue weighted by molar-refractivity contribution is 5.42. The van der Waals surface area contributed by atoms with Crippen molar-refractivity contribution in [3.8, 4) is 0 Å². The number of hydrogen-bond donors (Lipinski definition) is 1. The molecule has 1 aliphatic heterocycles. The van der Waals surface area contributed by atoms with Crippen LogP contribution in [0, 0.1) is 18.8 Å². The monoisotopic (exact) mass is 247 g/mol. The molecule has 0 bridgehead atoms. The van der Waals surface area contributed by atoms with Gasteiger partial charge in [0.15, 0.2) is 0 Å².